The Morgan fingerprint density at radius 1 is 0.862 bits per heavy atom. The van der Waals surface area contributed by atoms with Crippen molar-refractivity contribution >= 4 is 11.0 Å². The molecule has 0 bridgehead atoms. The summed E-state index contributed by atoms with van der Waals surface area (Å²) in [6.45, 7) is 6.07. The lowest BCUT2D eigenvalue weighted by Crippen LogP contribution is -2.10. The first kappa shape index (κ1) is 19.1. The van der Waals surface area contributed by atoms with Crippen molar-refractivity contribution in [2.75, 3.05) is 6.61 Å². The number of nitrogens with zero attached hydrogens (tertiary/aromatic N) is 2. The molecule has 29 heavy (non-hydrogen) atoms. The SMILES string of the molecule is Cc1cccc(OCCCn2c(COc3ccccc3C)nc3ccccc32)c1. The molecule has 4 aromatic rings. The molecular weight excluding hydrogens is 360 g/mol. The lowest BCUT2D eigenvalue weighted by atomic mass is 10.2. The molecule has 148 valence electrons. The maximum atomic E-state index is 6.07. The van der Waals surface area contributed by atoms with Crippen molar-refractivity contribution in [2.24, 2.45) is 0 Å². The average molecular weight is 386 g/mol. The summed E-state index contributed by atoms with van der Waals surface area (Å²) in [6.07, 6.45) is 0.895. The monoisotopic (exact) mass is 386 g/mol. The molecule has 0 aliphatic rings. The Morgan fingerprint density at radius 3 is 2.55 bits per heavy atom. The van der Waals surface area contributed by atoms with Gasteiger partial charge in [0.1, 0.15) is 23.9 Å². The van der Waals surface area contributed by atoms with E-state index in [1.165, 1.54) is 5.56 Å². The van der Waals surface area contributed by atoms with Gasteiger partial charge in [0.25, 0.3) is 0 Å². The van der Waals surface area contributed by atoms with E-state index in [1.54, 1.807) is 0 Å². The maximum absolute atomic E-state index is 6.07. The zero-order chi connectivity index (χ0) is 20.1. The van der Waals surface area contributed by atoms with Crippen LogP contribution in [0.5, 0.6) is 11.5 Å². The van der Waals surface area contributed by atoms with Crippen molar-refractivity contribution in [1.82, 2.24) is 9.55 Å². The summed E-state index contributed by atoms with van der Waals surface area (Å²) in [4.78, 5) is 4.80. The molecule has 0 spiro atoms. The highest BCUT2D eigenvalue weighted by Gasteiger charge is 2.11. The number of rotatable bonds is 8. The minimum Gasteiger partial charge on any atom is -0.494 e. The second-order valence-electron chi connectivity index (χ2n) is 7.24. The molecule has 0 N–H and O–H groups in total. The molecule has 4 heteroatoms. The molecule has 0 saturated carbocycles. The van der Waals surface area contributed by atoms with Gasteiger partial charge in [-0.3, -0.25) is 0 Å². The van der Waals surface area contributed by atoms with Gasteiger partial charge in [-0.25, -0.2) is 4.98 Å². The number of fused-ring (bicyclic) bond motifs is 1. The molecule has 0 amide bonds. The lowest BCUT2D eigenvalue weighted by Gasteiger charge is -2.12. The van der Waals surface area contributed by atoms with Crippen LogP contribution in [-0.4, -0.2) is 16.2 Å². The predicted octanol–water partition coefficient (Wildman–Crippen LogP) is 5.70. The number of aromatic nitrogens is 2. The van der Waals surface area contributed by atoms with E-state index < -0.39 is 0 Å². The topological polar surface area (TPSA) is 36.3 Å². The fourth-order valence-corrected chi connectivity index (χ4v) is 3.46. The van der Waals surface area contributed by atoms with Crippen LogP contribution in [0, 0.1) is 13.8 Å². The Bertz CT molecular complexity index is 1100. The highest BCUT2D eigenvalue weighted by molar-refractivity contribution is 5.75. The van der Waals surface area contributed by atoms with Gasteiger partial charge >= 0.3 is 0 Å². The first-order chi connectivity index (χ1) is 14.2. The quantitative estimate of drug-likeness (QED) is 0.364. The summed E-state index contributed by atoms with van der Waals surface area (Å²) in [5.74, 6) is 2.75. The normalized spacial score (nSPS) is 11.0. The lowest BCUT2D eigenvalue weighted by molar-refractivity contribution is 0.279. The molecule has 0 saturated heterocycles. The van der Waals surface area contributed by atoms with Gasteiger partial charge in [0.15, 0.2) is 0 Å². The smallest absolute Gasteiger partial charge is 0.148 e. The predicted molar refractivity (Wildman–Crippen MR) is 117 cm³/mol. The van der Waals surface area contributed by atoms with Crippen molar-refractivity contribution in [3.8, 4) is 11.5 Å². The highest BCUT2D eigenvalue weighted by atomic mass is 16.5. The van der Waals surface area contributed by atoms with Crippen molar-refractivity contribution in [3.05, 3.63) is 89.7 Å². The third-order valence-corrected chi connectivity index (χ3v) is 4.97. The van der Waals surface area contributed by atoms with E-state index in [0.29, 0.717) is 13.2 Å². The first-order valence-corrected chi connectivity index (χ1v) is 10.0. The Labute approximate surface area is 171 Å². The second kappa shape index (κ2) is 8.82. The minimum absolute atomic E-state index is 0.443. The van der Waals surface area contributed by atoms with Crippen LogP contribution >= 0.6 is 0 Å². The Kier molecular flexibility index (Phi) is 5.80. The molecule has 0 unspecified atom stereocenters. The molecular formula is C25H26N2O2. The summed E-state index contributed by atoms with van der Waals surface area (Å²) < 4.78 is 14.2. The molecule has 0 fully saturated rings. The molecule has 0 radical (unpaired) electrons. The van der Waals surface area contributed by atoms with Crippen LogP contribution in [0.15, 0.2) is 72.8 Å². The fraction of sp³-hybridized carbons (Fsp3) is 0.240. The van der Waals surface area contributed by atoms with Gasteiger partial charge < -0.3 is 14.0 Å². The van der Waals surface area contributed by atoms with E-state index in [4.69, 9.17) is 14.5 Å². The van der Waals surface area contributed by atoms with Gasteiger partial charge in [-0.2, -0.15) is 0 Å². The van der Waals surface area contributed by atoms with Crippen molar-refractivity contribution in [3.63, 3.8) is 0 Å². The van der Waals surface area contributed by atoms with Crippen LogP contribution < -0.4 is 9.47 Å². The summed E-state index contributed by atoms with van der Waals surface area (Å²) in [5.41, 5.74) is 4.46. The average Bonchev–Trinajstić information content (AvgIpc) is 3.08. The maximum Gasteiger partial charge on any atom is 0.148 e. The summed E-state index contributed by atoms with van der Waals surface area (Å²) in [5, 5.41) is 0. The largest absolute Gasteiger partial charge is 0.494 e. The van der Waals surface area contributed by atoms with Crippen molar-refractivity contribution in [2.45, 2.75) is 33.4 Å². The van der Waals surface area contributed by atoms with E-state index in [0.717, 1.165) is 46.9 Å². The van der Waals surface area contributed by atoms with E-state index in [-0.39, 0.29) is 0 Å². The van der Waals surface area contributed by atoms with Crippen LogP contribution in [0.1, 0.15) is 23.4 Å². The van der Waals surface area contributed by atoms with E-state index >= 15 is 0 Å². The number of hydrogen-bond donors (Lipinski definition) is 0. The van der Waals surface area contributed by atoms with Gasteiger partial charge in [-0.05, 0) is 61.7 Å². The molecule has 4 rings (SSSR count). The second-order valence-corrected chi connectivity index (χ2v) is 7.24. The van der Waals surface area contributed by atoms with Crippen molar-refractivity contribution < 1.29 is 9.47 Å². The van der Waals surface area contributed by atoms with E-state index in [1.807, 2.05) is 42.5 Å². The number of ether oxygens (including phenoxy) is 2. The number of hydrogen-bond acceptors (Lipinski definition) is 3. The molecule has 0 aliphatic heterocycles. The standard InChI is InChI=1S/C25H26N2O2/c1-19-9-7-11-21(17-19)28-16-8-15-27-23-13-5-4-12-22(23)26-25(27)18-29-24-14-6-3-10-20(24)2/h3-7,9-14,17H,8,15-16,18H2,1-2H3. The van der Waals surface area contributed by atoms with Gasteiger partial charge in [-0.15, -0.1) is 0 Å². The van der Waals surface area contributed by atoms with Gasteiger partial charge in [0, 0.05) is 6.54 Å². The number of aryl methyl sites for hydroxylation is 3. The number of para-hydroxylation sites is 3. The highest BCUT2D eigenvalue weighted by Crippen LogP contribution is 2.21. The molecule has 4 nitrogen and oxygen atoms in total. The Morgan fingerprint density at radius 2 is 1.69 bits per heavy atom. The van der Waals surface area contributed by atoms with Gasteiger partial charge in [-0.1, -0.05) is 42.5 Å². The van der Waals surface area contributed by atoms with E-state index in [2.05, 4.69) is 48.7 Å². The van der Waals surface area contributed by atoms with Crippen LogP contribution in [0.4, 0.5) is 0 Å². The Hall–Kier alpha value is -3.27. The third-order valence-electron chi connectivity index (χ3n) is 4.97. The zero-order valence-corrected chi connectivity index (χ0v) is 17.0. The summed E-state index contributed by atoms with van der Waals surface area (Å²) in [6, 6.07) is 24.5. The van der Waals surface area contributed by atoms with Crippen LogP contribution in [0.25, 0.3) is 11.0 Å². The minimum atomic E-state index is 0.443. The van der Waals surface area contributed by atoms with E-state index in [9.17, 15) is 0 Å². The van der Waals surface area contributed by atoms with Gasteiger partial charge in [0.2, 0.25) is 0 Å². The number of imidazole rings is 1. The van der Waals surface area contributed by atoms with Crippen LogP contribution in [0.3, 0.4) is 0 Å². The molecule has 3 aromatic carbocycles. The summed E-state index contributed by atoms with van der Waals surface area (Å²) >= 11 is 0. The number of benzene rings is 3. The third kappa shape index (κ3) is 4.60. The Balaban J connectivity index is 1.45. The molecule has 1 heterocycles. The zero-order valence-electron chi connectivity index (χ0n) is 17.0. The van der Waals surface area contributed by atoms with Gasteiger partial charge in [0.05, 0.1) is 17.6 Å². The molecule has 1 aromatic heterocycles. The fourth-order valence-electron chi connectivity index (χ4n) is 3.46. The summed E-state index contributed by atoms with van der Waals surface area (Å²) in [7, 11) is 0. The molecule has 0 aliphatic carbocycles. The van der Waals surface area contributed by atoms with Crippen molar-refractivity contribution in [1.29, 1.82) is 0 Å². The van der Waals surface area contributed by atoms with Crippen LogP contribution in [-0.2, 0) is 13.2 Å². The first-order valence-electron chi connectivity index (χ1n) is 10.0. The molecule has 0 atom stereocenters. The van der Waals surface area contributed by atoms with Crippen LogP contribution in [0.2, 0.25) is 0 Å².